The highest BCUT2D eigenvalue weighted by Gasteiger charge is 2.29. The number of nitrogens with one attached hydrogen (secondary N) is 1. The Hall–Kier alpha value is -1.18. The van der Waals surface area contributed by atoms with Crippen molar-refractivity contribution in [3.8, 4) is 0 Å². The second-order valence-electron chi connectivity index (χ2n) is 5.16. The maximum atomic E-state index is 12.5. The van der Waals surface area contributed by atoms with Crippen LogP contribution in [-0.4, -0.2) is 61.9 Å². The molecule has 0 unspecified atom stereocenters. The number of nitrogens with zero attached hydrogens (tertiary/aromatic N) is 3. The van der Waals surface area contributed by atoms with Gasteiger partial charge in [-0.3, -0.25) is 4.90 Å². The molecular weight excluding hydrogens is 276 g/mol. The van der Waals surface area contributed by atoms with Crippen molar-refractivity contribution in [2.75, 3.05) is 38.5 Å². The molecule has 0 atom stereocenters. The standard InChI is InChI=1S/C13H22N4O2S/c1-11(2)16-6-8-17(9-7-16)20(18,19)12-4-5-13(14-3)15-10-12/h4-5,10-11H,6-9H2,1-3H3,(H,14,15). The Morgan fingerprint density at radius 2 is 1.85 bits per heavy atom. The Labute approximate surface area is 120 Å². The summed E-state index contributed by atoms with van der Waals surface area (Å²) in [6.45, 7) is 6.88. The van der Waals surface area contributed by atoms with Gasteiger partial charge in [0.25, 0.3) is 0 Å². The van der Waals surface area contributed by atoms with E-state index in [4.69, 9.17) is 0 Å². The first-order chi connectivity index (χ1) is 9.45. The number of anilines is 1. The smallest absolute Gasteiger partial charge is 0.244 e. The van der Waals surface area contributed by atoms with Gasteiger partial charge in [-0.25, -0.2) is 13.4 Å². The summed E-state index contributed by atoms with van der Waals surface area (Å²) in [7, 11) is -1.67. The number of hydrogen-bond acceptors (Lipinski definition) is 5. The number of rotatable bonds is 4. The van der Waals surface area contributed by atoms with Crippen LogP contribution in [0.25, 0.3) is 0 Å². The van der Waals surface area contributed by atoms with E-state index in [1.807, 2.05) is 0 Å². The van der Waals surface area contributed by atoms with Crippen LogP contribution >= 0.6 is 0 Å². The molecule has 1 N–H and O–H groups in total. The van der Waals surface area contributed by atoms with Gasteiger partial charge in [-0.15, -0.1) is 0 Å². The van der Waals surface area contributed by atoms with Gasteiger partial charge in [0, 0.05) is 45.5 Å². The van der Waals surface area contributed by atoms with Crippen LogP contribution in [0.4, 0.5) is 5.82 Å². The van der Waals surface area contributed by atoms with Gasteiger partial charge in [-0.2, -0.15) is 4.31 Å². The second kappa shape index (κ2) is 6.07. The molecule has 112 valence electrons. The third-order valence-corrected chi connectivity index (χ3v) is 5.52. The fourth-order valence-corrected chi connectivity index (χ4v) is 3.66. The van der Waals surface area contributed by atoms with E-state index in [0.717, 1.165) is 13.1 Å². The lowest BCUT2D eigenvalue weighted by molar-refractivity contribution is 0.154. The van der Waals surface area contributed by atoms with Crippen molar-refractivity contribution in [1.29, 1.82) is 0 Å². The maximum absolute atomic E-state index is 12.5. The maximum Gasteiger partial charge on any atom is 0.244 e. The zero-order chi connectivity index (χ0) is 14.8. The van der Waals surface area contributed by atoms with Crippen molar-refractivity contribution in [3.05, 3.63) is 18.3 Å². The van der Waals surface area contributed by atoms with E-state index in [1.165, 1.54) is 6.20 Å². The van der Waals surface area contributed by atoms with E-state index in [2.05, 4.69) is 29.0 Å². The largest absolute Gasteiger partial charge is 0.373 e. The molecule has 0 aromatic carbocycles. The van der Waals surface area contributed by atoms with Gasteiger partial charge in [-0.05, 0) is 26.0 Å². The molecule has 0 radical (unpaired) electrons. The molecule has 1 aromatic heterocycles. The minimum absolute atomic E-state index is 0.259. The minimum Gasteiger partial charge on any atom is -0.373 e. The zero-order valence-electron chi connectivity index (χ0n) is 12.2. The molecule has 1 fully saturated rings. The number of sulfonamides is 1. The molecule has 1 aliphatic rings. The van der Waals surface area contributed by atoms with Crippen LogP contribution in [0.3, 0.4) is 0 Å². The Kier molecular flexibility index (Phi) is 4.62. The van der Waals surface area contributed by atoms with Gasteiger partial charge < -0.3 is 5.32 Å². The van der Waals surface area contributed by atoms with E-state index in [-0.39, 0.29) is 4.90 Å². The van der Waals surface area contributed by atoms with Crippen LogP contribution in [-0.2, 0) is 10.0 Å². The molecule has 0 spiro atoms. The topological polar surface area (TPSA) is 65.5 Å². The lowest BCUT2D eigenvalue weighted by atomic mass is 10.3. The minimum atomic E-state index is -3.42. The number of hydrogen-bond donors (Lipinski definition) is 1. The summed E-state index contributed by atoms with van der Waals surface area (Å²) in [5.74, 6) is 0.661. The Balaban J connectivity index is 2.11. The van der Waals surface area contributed by atoms with Crippen molar-refractivity contribution in [3.63, 3.8) is 0 Å². The van der Waals surface area contributed by atoms with Crippen molar-refractivity contribution in [2.45, 2.75) is 24.8 Å². The highest BCUT2D eigenvalue weighted by Crippen LogP contribution is 2.18. The first-order valence-corrected chi connectivity index (χ1v) is 8.27. The first-order valence-electron chi connectivity index (χ1n) is 6.83. The lowest BCUT2D eigenvalue weighted by Gasteiger charge is -2.36. The Morgan fingerprint density at radius 3 is 2.30 bits per heavy atom. The predicted octanol–water partition coefficient (Wildman–Crippen LogP) is 0.838. The quantitative estimate of drug-likeness (QED) is 0.892. The van der Waals surface area contributed by atoms with E-state index < -0.39 is 10.0 Å². The third-order valence-electron chi connectivity index (χ3n) is 3.63. The van der Waals surface area contributed by atoms with Crippen molar-refractivity contribution < 1.29 is 8.42 Å². The van der Waals surface area contributed by atoms with Crippen LogP contribution in [0.1, 0.15) is 13.8 Å². The highest BCUT2D eigenvalue weighted by atomic mass is 32.2. The Morgan fingerprint density at radius 1 is 1.20 bits per heavy atom. The van der Waals surface area contributed by atoms with Crippen molar-refractivity contribution in [1.82, 2.24) is 14.2 Å². The molecule has 1 saturated heterocycles. The van der Waals surface area contributed by atoms with Gasteiger partial charge in [-0.1, -0.05) is 0 Å². The summed E-state index contributed by atoms with van der Waals surface area (Å²) in [6, 6.07) is 3.73. The molecule has 0 aliphatic carbocycles. The summed E-state index contributed by atoms with van der Waals surface area (Å²) in [5, 5.41) is 2.88. The van der Waals surface area contributed by atoms with Crippen LogP contribution in [0.5, 0.6) is 0 Å². The molecule has 1 aromatic rings. The molecule has 20 heavy (non-hydrogen) atoms. The molecule has 2 heterocycles. The van der Waals surface area contributed by atoms with Gasteiger partial charge in [0.1, 0.15) is 10.7 Å². The van der Waals surface area contributed by atoms with E-state index >= 15 is 0 Å². The van der Waals surface area contributed by atoms with E-state index in [0.29, 0.717) is 24.9 Å². The molecule has 6 nitrogen and oxygen atoms in total. The molecule has 7 heteroatoms. The highest BCUT2D eigenvalue weighted by molar-refractivity contribution is 7.89. The van der Waals surface area contributed by atoms with E-state index in [9.17, 15) is 8.42 Å². The van der Waals surface area contributed by atoms with Crippen molar-refractivity contribution in [2.24, 2.45) is 0 Å². The predicted molar refractivity (Wildman–Crippen MR) is 79.3 cm³/mol. The SMILES string of the molecule is CNc1ccc(S(=O)(=O)N2CCN(C(C)C)CC2)cn1. The summed E-state index contributed by atoms with van der Waals surface area (Å²) < 4.78 is 26.6. The summed E-state index contributed by atoms with van der Waals surface area (Å²) >= 11 is 0. The van der Waals surface area contributed by atoms with Gasteiger partial charge >= 0.3 is 0 Å². The van der Waals surface area contributed by atoms with Gasteiger partial charge in [0.05, 0.1) is 0 Å². The Bertz CT molecular complexity index is 534. The molecule has 1 aliphatic heterocycles. The first kappa shape index (κ1) is 15.2. The normalized spacial score (nSPS) is 18.4. The number of pyridine rings is 1. The van der Waals surface area contributed by atoms with Crippen LogP contribution in [0.2, 0.25) is 0 Å². The van der Waals surface area contributed by atoms with Crippen LogP contribution in [0.15, 0.2) is 23.2 Å². The fraction of sp³-hybridized carbons (Fsp3) is 0.615. The number of aromatic nitrogens is 1. The van der Waals surface area contributed by atoms with Crippen molar-refractivity contribution >= 4 is 15.8 Å². The van der Waals surface area contributed by atoms with Crippen LogP contribution < -0.4 is 5.32 Å². The molecule has 2 rings (SSSR count). The second-order valence-corrected chi connectivity index (χ2v) is 7.10. The fourth-order valence-electron chi connectivity index (χ4n) is 2.29. The third kappa shape index (κ3) is 3.11. The summed E-state index contributed by atoms with van der Waals surface area (Å²) in [4.78, 5) is 6.62. The summed E-state index contributed by atoms with van der Waals surface area (Å²) in [5.41, 5.74) is 0. The molecule has 0 saturated carbocycles. The summed E-state index contributed by atoms with van der Waals surface area (Å²) in [6.07, 6.45) is 1.41. The monoisotopic (exact) mass is 298 g/mol. The average Bonchev–Trinajstić information content (AvgIpc) is 2.47. The average molecular weight is 298 g/mol. The zero-order valence-corrected chi connectivity index (χ0v) is 13.0. The molecule has 0 bridgehead atoms. The van der Waals surface area contributed by atoms with E-state index in [1.54, 1.807) is 23.5 Å². The van der Waals surface area contributed by atoms with Gasteiger partial charge in [0.2, 0.25) is 10.0 Å². The molecular formula is C13H22N4O2S. The number of piperazine rings is 1. The lowest BCUT2D eigenvalue weighted by Crippen LogP contribution is -2.50. The van der Waals surface area contributed by atoms with Gasteiger partial charge in [0.15, 0.2) is 0 Å². The molecule has 0 amide bonds. The van der Waals surface area contributed by atoms with Crippen LogP contribution in [0, 0.1) is 0 Å².